The molecule has 0 saturated carbocycles. The molecule has 2 unspecified atom stereocenters. The van der Waals surface area contributed by atoms with Gasteiger partial charge in [0, 0.05) is 12.0 Å². The lowest BCUT2D eigenvalue weighted by molar-refractivity contribution is -0.128. The van der Waals surface area contributed by atoms with Crippen LogP contribution in [0.2, 0.25) is 5.02 Å². The molecule has 0 radical (unpaired) electrons. The number of fused-ring (bicyclic) bond motifs is 1. The molecule has 0 saturated heterocycles. The van der Waals surface area contributed by atoms with Gasteiger partial charge in [0.1, 0.15) is 11.5 Å². The summed E-state index contributed by atoms with van der Waals surface area (Å²) in [5.74, 6) is 1.35. The summed E-state index contributed by atoms with van der Waals surface area (Å²) in [7, 11) is 0. The van der Waals surface area contributed by atoms with Crippen LogP contribution in [0.25, 0.3) is 0 Å². The summed E-state index contributed by atoms with van der Waals surface area (Å²) in [6.45, 7) is 3.68. The molecular formula is C18H20ClNO3. The number of nitrogens with one attached hydrogen (secondary N) is 1. The number of benzene rings is 1. The number of rotatable bonds is 4. The van der Waals surface area contributed by atoms with Crippen molar-refractivity contribution >= 4 is 17.5 Å². The van der Waals surface area contributed by atoms with E-state index in [0.29, 0.717) is 10.8 Å². The maximum Gasteiger partial charge on any atom is 0.261 e. The van der Waals surface area contributed by atoms with Crippen molar-refractivity contribution in [1.29, 1.82) is 0 Å². The van der Waals surface area contributed by atoms with E-state index in [1.165, 1.54) is 0 Å². The number of carbonyl (C=O) groups is 1. The number of amides is 1. The van der Waals surface area contributed by atoms with Crippen LogP contribution in [0.5, 0.6) is 5.75 Å². The number of halogens is 1. The third-order valence-electron chi connectivity index (χ3n) is 4.13. The number of furan rings is 1. The lowest BCUT2D eigenvalue weighted by atomic mass is 9.93. The summed E-state index contributed by atoms with van der Waals surface area (Å²) >= 11 is 6.12. The minimum atomic E-state index is -0.619. The zero-order chi connectivity index (χ0) is 16.4. The second-order valence-electron chi connectivity index (χ2n) is 5.95. The molecule has 4 nitrogen and oxygen atoms in total. The van der Waals surface area contributed by atoms with Gasteiger partial charge in [-0.05, 0) is 50.5 Å². The topological polar surface area (TPSA) is 51.5 Å². The highest BCUT2D eigenvalue weighted by molar-refractivity contribution is 6.32. The van der Waals surface area contributed by atoms with Crippen LogP contribution in [0.4, 0.5) is 0 Å². The van der Waals surface area contributed by atoms with Crippen LogP contribution in [0, 0.1) is 6.92 Å². The number of hydrogen-bond donors (Lipinski definition) is 1. The fourth-order valence-electron chi connectivity index (χ4n) is 2.87. The monoisotopic (exact) mass is 333 g/mol. The van der Waals surface area contributed by atoms with Crippen molar-refractivity contribution in [3.05, 3.63) is 52.4 Å². The van der Waals surface area contributed by atoms with Gasteiger partial charge in [-0.25, -0.2) is 0 Å². The van der Waals surface area contributed by atoms with E-state index < -0.39 is 6.10 Å². The SMILES string of the molecule is Cc1ccc(Cl)c(OC(C)C(=O)NC2CCCc3occc32)c1. The van der Waals surface area contributed by atoms with Crippen LogP contribution in [-0.2, 0) is 11.2 Å². The quantitative estimate of drug-likeness (QED) is 0.912. The van der Waals surface area contributed by atoms with Crippen LogP contribution in [0.15, 0.2) is 34.9 Å². The Balaban J connectivity index is 1.66. The molecule has 2 aromatic rings. The van der Waals surface area contributed by atoms with Crippen LogP contribution < -0.4 is 10.1 Å². The molecule has 0 bridgehead atoms. The fraction of sp³-hybridized carbons (Fsp3) is 0.389. The maximum absolute atomic E-state index is 12.4. The van der Waals surface area contributed by atoms with Crippen molar-refractivity contribution in [1.82, 2.24) is 5.32 Å². The van der Waals surface area contributed by atoms with Crippen molar-refractivity contribution in [2.24, 2.45) is 0 Å². The average Bonchev–Trinajstić information content (AvgIpc) is 3.00. The van der Waals surface area contributed by atoms with Gasteiger partial charge in [-0.1, -0.05) is 17.7 Å². The van der Waals surface area contributed by atoms with Gasteiger partial charge in [-0.2, -0.15) is 0 Å². The molecule has 1 heterocycles. The van der Waals surface area contributed by atoms with Gasteiger partial charge in [-0.15, -0.1) is 0 Å². The molecule has 1 aliphatic rings. The maximum atomic E-state index is 12.4. The normalized spacial score (nSPS) is 18.1. The van der Waals surface area contributed by atoms with Gasteiger partial charge in [0.25, 0.3) is 5.91 Å². The number of aryl methyl sites for hydroxylation is 2. The van der Waals surface area contributed by atoms with Gasteiger partial charge in [0.05, 0.1) is 17.3 Å². The summed E-state index contributed by atoms with van der Waals surface area (Å²) in [6.07, 6.45) is 3.91. The first kappa shape index (κ1) is 15.9. The summed E-state index contributed by atoms with van der Waals surface area (Å²) in [4.78, 5) is 12.4. The lowest BCUT2D eigenvalue weighted by Gasteiger charge is -2.24. The summed E-state index contributed by atoms with van der Waals surface area (Å²) in [6, 6.07) is 7.44. The number of ether oxygens (including phenoxy) is 1. The van der Waals surface area contributed by atoms with E-state index in [1.807, 2.05) is 25.1 Å². The highest BCUT2D eigenvalue weighted by atomic mass is 35.5. The summed E-state index contributed by atoms with van der Waals surface area (Å²) in [5, 5.41) is 3.55. The molecule has 23 heavy (non-hydrogen) atoms. The lowest BCUT2D eigenvalue weighted by Crippen LogP contribution is -2.39. The Morgan fingerprint density at radius 1 is 1.43 bits per heavy atom. The molecule has 1 N–H and O–H groups in total. The summed E-state index contributed by atoms with van der Waals surface area (Å²) in [5.41, 5.74) is 2.11. The van der Waals surface area contributed by atoms with Crippen LogP contribution in [0.1, 0.15) is 42.7 Å². The van der Waals surface area contributed by atoms with Crippen molar-refractivity contribution in [3.8, 4) is 5.75 Å². The molecule has 122 valence electrons. The standard InChI is InChI=1S/C18H20ClNO3/c1-11-6-7-14(19)17(10-11)23-12(2)18(21)20-15-4-3-5-16-13(15)8-9-22-16/h6-10,12,15H,3-5H2,1-2H3,(H,20,21). The van der Waals surface area contributed by atoms with E-state index in [2.05, 4.69) is 5.32 Å². The Hall–Kier alpha value is -1.94. The molecular weight excluding hydrogens is 314 g/mol. The molecule has 0 fully saturated rings. The first-order valence-electron chi connectivity index (χ1n) is 7.84. The Morgan fingerprint density at radius 2 is 2.26 bits per heavy atom. The third kappa shape index (κ3) is 3.53. The highest BCUT2D eigenvalue weighted by Crippen LogP contribution is 2.31. The minimum Gasteiger partial charge on any atom is -0.479 e. The molecule has 5 heteroatoms. The molecule has 1 aromatic heterocycles. The second kappa shape index (κ2) is 6.67. The molecule has 2 atom stereocenters. The van der Waals surface area contributed by atoms with Gasteiger partial charge < -0.3 is 14.5 Å². The molecule has 3 rings (SSSR count). The highest BCUT2D eigenvalue weighted by Gasteiger charge is 2.26. The van der Waals surface area contributed by atoms with Gasteiger partial charge >= 0.3 is 0 Å². The first-order chi connectivity index (χ1) is 11.0. The van der Waals surface area contributed by atoms with E-state index in [1.54, 1.807) is 19.3 Å². The largest absolute Gasteiger partial charge is 0.479 e. The number of carbonyl (C=O) groups excluding carboxylic acids is 1. The van der Waals surface area contributed by atoms with E-state index in [0.717, 1.165) is 36.1 Å². The fourth-order valence-corrected chi connectivity index (χ4v) is 3.03. The predicted molar refractivity (Wildman–Crippen MR) is 88.8 cm³/mol. The van der Waals surface area contributed by atoms with Crippen molar-refractivity contribution < 1.29 is 13.9 Å². The third-order valence-corrected chi connectivity index (χ3v) is 4.44. The summed E-state index contributed by atoms with van der Waals surface area (Å²) < 4.78 is 11.2. The molecule has 1 aromatic carbocycles. The zero-order valence-electron chi connectivity index (χ0n) is 13.3. The van der Waals surface area contributed by atoms with Crippen LogP contribution in [-0.4, -0.2) is 12.0 Å². The van der Waals surface area contributed by atoms with Gasteiger partial charge in [0.2, 0.25) is 0 Å². The van der Waals surface area contributed by atoms with E-state index in [4.69, 9.17) is 20.8 Å². The predicted octanol–water partition coefficient (Wildman–Crippen LogP) is 4.20. The Kier molecular flexibility index (Phi) is 4.62. The second-order valence-corrected chi connectivity index (χ2v) is 6.35. The Labute approximate surface area is 140 Å². The van der Waals surface area contributed by atoms with E-state index in [9.17, 15) is 4.79 Å². The molecule has 0 aliphatic heterocycles. The van der Waals surface area contributed by atoms with Gasteiger partial charge in [0.15, 0.2) is 6.10 Å². The number of hydrogen-bond acceptors (Lipinski definition) is 3. The van der Waals surface area contributed by atoms with Gasteiger partial charge in [-0.3, -0.25) is 4.79 Å². The van der Waals surface area contributed by atoms with Crippen molar-refractivity contribution in [2.75, 3.05) is 0 Å². The molecule has 0 spiro atoms. The first-order valence-corrected chi connectivity index (χ1v) is 8.22. The molecule has 1 amide bonds. The van der Waals surface area contributed by atoms with Crippen molar-refractivity contribution in [3.63, 3.8) is 0 Å². The Morgan fingerprint density at radius 3 is 3.09 bits per heavy atom. The minimum absolute atomic E-state index is 0.0102. The van der Waals surface area contributed by atoms with Crippen LogP contribution in [0.3, 0.4) is 0 Å². The van der Waals surface area contributed by atoms with E-state index in [-0.39, 0.29) is 11.9 Å². The smallest absolute Gasteiger partial charge is 0.261 e. The van der Waals surface area contributed by atoms with Crippen LogP contribution >= 0.6 is 11.6 Å². The zero-order valence-corrected chi connectivity index (χ0v) is 14.0. The van der Waals surface area contributed by atoms with Crippen molar-refractivity contribution in [2.45, 2.75) is 45.3 Å². The van der Waals surface area contributed by atoms with E-state index >= 15 is 0 Å². The Bertz CT molecular complexity index is 710. The average molecular weight is 334 g/mol. The molecule has 1 aliphatic carbocycles.